The summed E-state index contributed by atoms with van der Waals surface area (Å²) in [5.41, 5.74) is 3.82. The Morgan fingerprint density at radius 3 is 2.39 bits per heavy atom. The smallest absolute Gasteiger partial charge is 0.123 e. The molecule has 0 saturated carbocycles. The molecule has 0 radical (unpaired) electrons. The zero-order valence-corrected chi connectivity index (χ0v) is 18.5. The first kappa shape index (κ1) is 25.0. The number of halogens is 3. The first-order valence-corrected chi connectivity index (χ1v) is 9.53. The molecular formula is C21H29Cl3N2O2. The lowest BCUT2D eigenvalue weighted by Crippen LogP contribution is -2.35. The normalized spacial score (nSPS) is 14.1. The van der Waals surface area contributed by atoms with Crippen LogP contribution in [-0.4, -0.2) is 44.9 Å². The number of nitrogens with zero attached hydrogens (tertiary/aromatic N) is 1. The van der Waals surface area contributed by atoms with Gasteiger partial charge in [-0.3, -0.25) is 4.90 Å². The number of morpholine rings is 1. The predicted octanol–water partition coefficient (Wildman–Crippen LogP) is 4.36. The number of hydrogen-bond donors (Lipinski definition) is 1. The fourth-order valence-electron chi connectivity index (χ4n) is 3.18. The minimum absolute atomic E-state index is 0. The molecule has 156 valence electrons. The summed E-state index contributed by atoms with van der Waals surface area (Å²) in [4.78, 5) is 2.42. The second-order valence-electron chi connectivity index (χ2n) is 6.59. The van der Waals surface area contributed by atoms with Crippen molar-refractivity contribution in [3.8, 4) is 5.75 Å². The average Bonchev–Trinajstić information content (AvgIpc) is 2.68. The maximum absolute atomic E-state index is 5.93. The zero-order chi connectivity index (χ0) is 18.2. The van der Waals surface area contributed by atoms with E-state index in [1.54, 1.807) is 7.11 Å². The molecule has 1 aliphatic rings. The van der Waals surface area contributed by atoms with Crippen LogP contribution < -0.4 is 10.1 Å². The van der Waals surface area contributed by atoms with E-state index >= 15 is 0 Å². The lowest BCUT2D eigenvalue weighted by molar-refractivity contribution is 0.0339. The molecule has 28 heavy (non-hydrogen) atoms. The molecule has 4 nitrogen and oxygen atoms in total. The molecule has 1 fully saturated rings. The Labute approximate surface area is 185 Å². The molecule has 3 rings (SSSR count). The minimum Gasteiger partial charge on any atom is -0.496 e. The highest BCUT2D eigenvalue weighted by molar-refractivity contribution is 6.30. The van der Waals surface area contributed by atoms with Gasteiger partial charge in [-0.1, -0.05) is 29.8 Å². The van der Waals surface area contributed by atoms with Crippen molar-refractivity contribution in [2.75, 3.05) is 40.0 Å². The maximum Gasteiger partial charge on any atom is 0.123 e. The Bertz CT molecular complexity index is 693. The van der Waals surface area contributed by atoms with Gasteiger partial charge in [0.15, 0.2) is 0 Å². The SMILES string of the molecule is COc1ccc(CNCCc2ccc(Cl)cc2)cc1CN1CCOCC1.Cl.Cl. The maximum atomic E-state index is 5.93. The Morgan fingerprint density at radius 2 is 1.71 bits per heavy atom. The number of hydrogen-bond acceptors (Lipinski definition) is 4. The molecule has 0 aromatic heterocycles. The van der Waals surface area contributed by atoms with Crippen molar-refractivity contribution in [2.45, 2.75) is 19.5 Å². The summed E-state index contributed by atoms with van der Waals surface area (Å²) in [6, 6.07) is 14.5. The summed E-state index contributed by atoms with van der Waals surface area (Å²) in [5, 5.41) is 4.31. The number of ether oxygens (including phenoxy) is 2. The van der Waals surface area contributed by atoms with Gasteiger partial charge in [-0.05, 0) is 48.4 Å². The van der Waals surface area contributed by atoms with Gasteiger partial charge in [-0.15, -0.1) is 24.8 Å². The van der Waals surface area contributed by atoms with Gasteiger partial charge in [-0.25, -0.2) is 0 Å². The summed E-state index contributed by atoms with van der Waals surface area (Å²) < 4.78 is 11.0. The number of rotatable bonds is 8. The van der Waals surface area contributed by atoms with Crippen LogP contribution >= 0.6 is 36.4 Å². The van der Waals surface area contributed by atoms with E-state index in [0.717, 1.165) is 63.1 Å². The van der Waals surface area contributed by atoms with Gasteiger partial charge >= 0.3 is 0 Å². The van der Waals surface area contributed by atoms with Crippen molar-refractivity contribution < 1.29 is 9.47 Å². The van der Waals surface area contributed by atoms with Crippen LogP contribution in [-0.2, 0) is 24.2 Å². The Kier molecular flexibility index (Phi) is 11.8. The second-order valence-corrected chi connectivity index (χ2v) is 7.02. The minimum atomic E-state index is 0. The molecule has 1 saturated heterocycles. The first-order valence-electron chi connectivity index (χ1n) is 9.15. The molecule has 0 aliphatic carbocycles. The molecule has 0 spiro atoms. The van der Waals surface area contributed by atoms with Crippen LogP contribution in [0.2, 0.25) is 5.02 Å². The molecule has 0 amide bonds. The van der Waals surface area contributed by atoms with Crippen molar-refractivity contribution >= 4 is 36.4 Å². The third-order valence-electron chi connectivity index (χ3n) is 4.68. The van der Waals surface area contributed by atoms with Crippen LogP contribution in [0.25, 0.3) is 0 Å². The summed E-state index contributed by atoms with van der Waals surface area (Å²) in [6.07, 6.45) is 0.994. The fraction of sp³-hybridized carbons (Fsp3) is 0.429. The van der Waals surface area contributed by atoms with Gasteiger partial charge in [0.05, 0.1) is 20.3 Å². The molecule has 2 aromatic carbocycles. The Balaban J connectivity index is 0.00000196. The van der Waals surface area contributed by atoms with E-state index in [-0.39, 0.29) is 24.8 Å². The highest BCUT2D eigenvalue weighted by Gasteiger charge is 2.13. The molecule has 1 N–H and O–H groups in total. The summed E-state index contributed by atoms with van der Waals surface area (Å²) in [5.74, 6) is 0.960. The molecule has 0 bridgehead atoms. The quantitative estimate of drug-likeness (QED) is 0.610. The number of nitrogens with one attached hydrogen (secondary N) is 1. The van der Waals surface area contributed by atoms with E-state index in [1.807, 2.05) is 12.1 Å². The summed E-state index contributed by atoms with van der Waals surface area (Å²) in [6.45, 7) is 6.28. The van der Waals surface area contributed by atoms with Gasteiger partial charge in [0.25, 0.3) is 0 Å². The fourth-order valence-corrected chi connectivity index (χ4v) is 3.31. The number of benzene rings is 2. The standard InChI is InChI=1S/C21H27ClN2O2.2ClH/c1-25-21-7-4-18(14-19(21)16-24-10-12-26-13-11-24)15-23-9-8-17-2-5-20(22)6-3-17;;/h2-7,14,23H,8-13,15-16H2,1H3;2*1H. The average molecular weight is 448 g/mol. The summed E-state index contributed by atoms with van der Waals surface area (Å²) in [7, 11) is 1.74. The van der Waals surface area contributed by atoms with Gasteiger partial charge < -0.3 is 14.8 Å². The Hall–Kier alpha value is -1.01. The second kappa shape index (κ2) is 13.3. The predicted molar refractivity (Wildman–Crippen MR) is 120 cm³/mol. The van der Waals surface area contributed by atoms with Crippen molar-refractivity contribution in [1.82, 2.24) is 10.2 Å². The highest BCUT2D eigenvalue weighted by atomic mass is 35.5. The van der Waals surface area contributed by atoms with E-state index in [1.165, 1.54) is 16.7 Å². The van der Waals surface area contributed by atoms with Gasteiger partial charge in [0.2, 0.25) is 0 Å². The molecule has 0 unspecified atom stereocenters. The van der Waals surface area contributed by atoms with Crippen molar-refractivity contribution in [3.63, 3.8) is 0 Å². The van der Waals surface area contributed by atoms with Crippen molar-refractivity contribution in [1.29, 1.82) is 0 Å². The molecular weight excluding hydrogens is 419 g/mol. The van der Waals surface area contributed by atoms with E-state index < -0.39 is 0 Å². The molecule has 2 aromatic rings. The van der Waals surface area contributed by atoms with E-state index in [4.69, 9.17) is 21.1 Å². The Morgan fingerprint density at radius 1 is 1.04 bits per heavy atom. The van der Waals surface area contributed by atoms with Crippen molar-refractivity contribution in [2.24, 2.45) is 0 Å². The van der Waals surface area contributed by atoms with Gasteiger partial charge in [-0.2, -0.15) is 0 Å². The van der Waals surface area contributed by atoms with E-state index in [9.17, 15) is 0 Å². The van der Waals surface area contributed by atoms with Crippen LogP contribution in [0.3, 0.4) is 0 Å². The van der Waals surface area contributed by atoms with E-state index in [0.29, 0.717) is 0 Å². The topological polar surface area (TPSA) is 33.7 Å². The van der Waals surface area contributed by atoms with Gasteiger partial charge in [0, 0.05) is 36.8 Å². The lowest BCUT2D eigenvalue weighted by atomic mass is 10.1. The monoisotopic (exact) mass is 446 g/mol. The lowest BCUT2D eigenvalue weighted by Gasteiger charge is -2.27. The van der Waals surface area contributed by atoms with E-state index in [2.05, 4.69) is 40.5 Å². The summed E-state index contributed by atoms with van der Waals surface area (Å²) >= 11 is 5.93. The molecule has 0 atom stereocenters. The third-order valence-corrected chi connectivity index (χ3v) is 4.93. The van der Waals surface area contributed by atoms with Crippen LogP contribution in [0.15, 0.2) is 42.5 Å². The number of methoxy groups -OCH3 is 1. The van der Waals surface area contributed by atoms with Crippen LogP contribution in [0, 0.1) is 0 Å². The van der Waals surface area contributed by atoms with Crippen molar-refractivity contribution in [3.05, 3.63) is 64.2 Å². The molecule has 1 heterocycles. The van der Waals surface area contributed by atoms with Crippen LogP contribution in [0.5, 0.6) is 5.75 Å². The molecule has 1 aliphatic heterocycles. The first-order chi connectivity index (χ1) is 12.7. The zero-order valence-electron chi connectivity index (χ0n) is 16.2. The molecule has 7 heteroatoms. The van der Waals surface area contributed by atoms with Crippen LogP contribution in [0.1, 0.15) is 16.7 Å². The largest absolute Gasteiger partial charge is 0.496 e. The highest BCUT2D eigenvalue weighted by Crippen LogP contribution is 2.22. The third kappa shape index (κ3) is 7.78. The van der Waals surface area contributed by atoms with Crippen LogP contribution in [0.4, 0.5) is 0 Å². The van der Waals surface area contributed by atoms with Gasteiger partial charge in [0.1, 0.15) is 5.75 Å².